The summed E-state index contributed by atoms with van der Waals surface area (Å²) in [6.45, 7) is 7.88. The third-order valence-corrected chi connectivity index (χ3v) is 3.82. The molecule has 4 heteroatoms. The monoisotopic (exact) mass is 251 g/mol. The van der Waals surface area contributed by atoms with E-state index >= 15 is 0 Å². The Morgan fingerprint density at radius 1 is 1.22 bits per heavy atom. The van der Waals surface area contributed by atoms with E-state index in [1.807, 2.05) is 32.3 Å². The van der Waals surface area contributed by atoms with Crippen molar-refractivity contribution in [1.82, 2.24) is 4.57 Å². The van der Waals surface area contributed by atoms with Crippen LogP contribution in [0.5, 0.6) is 0 Å². The van der Waals surface area contributed by atoms with E-state index in [1.165, 1.54) is 0 Å². The third kappa shape index (κ3) is 2.63. The number of hydrogen-bond acceptors (Lipinski definition) is 2. The van der Waals surface area contributed by atoms with E-state index < -0.39 is 11.4 Å². The Morgan fingerprint density at radius 3 is 2.00 bits per heavy atom. The second kappa shape index (κ2) is 5.38. The second-order valence-corrected chi connectivity index (χ2v) is 4.85. The molecular formula is C14H21NO3. The van der Waals surface area contributed by atoms with Gasteiger partial charge in [0.15, 0.2) is 5.43 Å². The molecule has 0 saturated heterocycles. The van der Waals surface area contributed by atoms with Gasteiger partial charge in [0.05, 0.1) is 5.41 Å². The summed E-state index contributed by atoms with van der Waals surface area (Å²) < 4.78 is 1.92. The molecule has 1 aromatic rings. The molecule has 0 aliphatic heterocycles. The van der Waals surface area contributed by atoms with Gasteiger partial charge in [0.2, 0.25) is 0 Å². The maximum atomic E-state index is 11.5. The van der Waals surface area contributed by atoms with Gasteiger partial charge in [-0.1, -0.05) is 13.8 Å². The number of rotatable bonds is 5. The van der Waals surface area contributed by atoms with Crippen LogP contribution in [0.3, 0.4) is 0 Å². The van der Waals surface area contributed by atoms with Gasteiger partial charge < -0.3 is 9.67 Å². The van der Waals surface area contributed by atoms with Crippen molar-refractivity contribution >= 4 is 5.97 Å². The van der Waals surface area contributed by atoms with Crippen molar-refractivity contribution in [2.45, 2.75) is 47.1 Å². The molecular weight excluding hydrogens is 230 g/mol. The molecule has 0 atom stereocenters. The van der Waals surface area contributed by atoms with Crippen LogP contribution in [0.4, 0.5) is 0 Å². The maximum absolute atomic E-state index is 11.5. The maximum Gasteiger partial charge on any atom is 0.311 e. The predicted octanol–water partition coefficient (Wildman–Crippen LogP) is 2.36. The van der Waals surface area contributed by atoms with Crippen LogP contribution < -0.4 is 5.43 Å². The van der Waals surface area contributed by atoms with Crippen LogP contribution in [0, 0.1) is 19.3 Å². The van der Waals surface area contributed by atoms with E-state index in [1.54, 1.807) is 12.1 Å². The number of aliphatic carboxylic acids is 1. The summed E-state index contributed by atoms with van der Waals surface area (Å²) in [6.07, 6.45) is 1.15. The molecule has 1 aromatic heterocycles. The third-order valence-electron chi connectivity index (χ3n) is 3.82. The molecule has 1 heterocycles. The van der Waals surface area contributed by atoms with Gasteiger partial charge in [0, 0.05) is 30.1 Å². The van der Waals surface area contributed by atoms with Crippen LogP contribution in [0.1, 0.15) is 38.1 Å². The Balaban J connectivity index is 3.25. The fraction of sp³-hybridized carbons (Fsp3) is 0.571. The number of carboxylic acid groups (broad SMARTS) is 1. The number of aromatic nitrogens is 1. The zero-order valence-electron chi connectivity index (χ0n) is 11.5. The standard InChI is InChI=1S/C14H21NO3/c1-5-14(6-2,13(17)18)9-15-10(3)7-12(16)8-11(15)4/h7-8H,5-6,9H2,1-4H3,(H,17,18). The lowest BCUT2D eigenvalue weighted by Gasteiger charge is -2.29. The summed E-state index contributed by atoms with van der Waals surface area (Å²) in [5.74, 6) is -0.773. The molecule has 0 bridgehead atoms. The molecule has 0 spiro atoms. The Kier molecular flexibility index (Phi) is 4.33. The molecule has 1 rings (SSSR count). The minimum absolute atomic E-state index is 0.0322. The van der Waals surface area contributed by atoms with Crippen LogP contribution in [0.25, 0.3) is 0 Å². The first kappa shape index (κ1) is 14.5. The quantitative estimate of drug-likeness (QED) is 0.874. The highest BCUT2D eigenvalue weighted by Gasteiger charge is 2.35. The van der Waals surface area contributed by atoms with Gasteiger partial charge in [0.1, 0.15) is 0 Å². The SMILES string of the molecule is CCC(CC)(Cn1c(C)cc(=O)cc1C)C(=O)O. The highest BCUT2D eigenvalue weighted by Crippen LogP contribution is 2.29. The number of carboxylic acids is 1. The largest absolute Gasteiger partial charge is 0.481 e. The van der Waals surface area contributed by atoms with Gasteiger partial charge in [-0.3, -0.25) is 9.59 Å². The van der Waals surface area contributed by atoms with Gasteiger partial charge in [-0.25, -0.2) is 0 Å². The summed E-state index contributed by atoms with van der Waals surface area (Å²) in [6, 6.07) is 3.09. The molecule has 1 N–H and O–H groups in total. The molecule has 4 nitrogen and oxygen atoms in total. The van der Waals surface area contributed by atoms with Crippen molar-refractivity contribution in [3.05, 3.63) is 33.7 Å². The first-order valence-electron chi connectivity index (χ1n) is 6.27. The van der Waals surface area contributed by atoms with E-state index in [2.05, 4.69) is 0 Å². The lowest BCUT2D eigenvalue weighted by Crippen LogP contribution is -2.36. The van der Waals surface area contributed by atoms with Crippen molar-refractivity contribution in [1.29, 1.82) is 0 Å². The molecule has 0 saturated carbocycles. The van der Waals surface area contributed by atoms with E-state index in [4.69, 9.17) is 0 Å². The van der Waals surface area contributed by atoms with Crippen LogP contribution in [-0.2, 0) is 11.3 Å². The minimum Gasteiger partial charge on any atom is -0.481 e. The molecule has 0 aliphatic rings. The zero-order chi connectivity index (χ0) is 13.9. The molecule has 18 heavy (non-hydrogen) atoms. The Labute approximate surface area is 107 Å². The Bertz CT molecular complexity index is 472. The van der Waals surface area contributed by atoms with E-state index in [0.29, 0.717) is 19.4 Å². The van der Waals surface area contributed by atoms with Gasteiger partial charge in [-0.15, -0.1) is 0 Å². The smallest absolute Gasteiger partial charge is 0.311 e. The Morgan fingerprint density at radius 2 is 1.67 bits per heavy atom. The number of hydrogen-bond donors (Lipinski definition) is 1. The Hall–Kier alpha value is -1.58. The van der Waals surface area contributed by atoms with Crippen molar-refractivity contribution in [2.24, 2.45) is 5.41 Å². The first-order valence-corrected chi connectivity index (χ1v) is 6.27. The lowest BCUT2D eigenvalue weighted by molar-refractivity contribution is -0.150. The highest BCUT2D eigenvalue weighted by molar-refractivity contribution is 5.74. The topological polar surface area (TPSA) is 59.3 Å². The number of carbonyl (C=O) groups is 1. The summed E-state index contributed by atoms with van der Waals surface area (Å²) in [5, 5.41) is 9.45. The number of nitrogens with zero attached hydrogens (tertiary/aromatic N) is 1. The van der Waals surface area contributed by atoms with E-state index in [9.17, 15) is 14.7 Å². The molecule has 0 unspecified atom stereocenters. The molecule has 0 amide bonds. The van der Waals surface area contributed by atoms with Gasteiger partial charge in [0.25, 0.3) is 0 Å². The van der Waals surface area contributed by atoms with Crippen molar-refractivity contribution < 1.29 is 9.90 Å². The number of pyridine rings is 1. The molecule has 0 aromatic carbocycles. The van der Waals surface area contributed by atoms with Crippen molar-refractivity contribution in [3.8, 4) is 0 Å². The lowest BCUT2D eigenvalue weighted by atomic mass is 9.82. The molecule has 100 valence electrons. The first-order chi connectivity index (χ1) is 8.36. The zero-order valence-corrected chi connectivity index (χ0v) is 11.5. The van der Waals surface area contributed by atoms with Crippen molar-refractivity contribution in [3.63, 3.8) is 0 Å². The normalized spacial score (nSPS) is 11.6. The molecule has 0 aliphatic carbocycles. The van der Waals surface area contributed by atoms with E-state index in [-0.39, 0.29) is 5.43 Å². The van der Waals surface area contributed by atoms with E-state index in [0.717, 1.165) is 11.4 Å². The minimum atomic E-state index is -0.773. The average molecular weight is 251 g/mol. The highest BCUT2D eigenvalue weighted by atomic mass is 16.4. The van der Waals surface area contributed by atoms with Crippen LogP contribution in [0.15, 0.2) is 16.9 Å². The second-order valence-electron chi connectivity index (χ2n) is 4.85. The van der Waals surface area contributed by atoms with Crippen LogP contribution in [0.2, 0.25) is 0 Å². The summed E-state index contributed by atoms with van der Waals surface area (Å²) in [5.41, 5.74) is 0.833. The van der Waals surface area contributed by atoms with Crippen LogP contribution >= 0.6 is 0 Å². The van der Waals surface area contributed by atoms with Gasteiger partial charge >= 0.3 is 5.97 Å². The number of aryl methyl sites for hydroxylation is 2. The van der Waals surface area contributed by atoms with Crippen LogP contribution in [-0.4, -0.2) is 15.6 Å². The summed E-state index contributed by atoms with van der Waals surface area (Å²) >= 11 is 0. The summed E-state index contributed by atoms with van der Waals surface area (Å²) in [7, 11) is 0. The average Bonchev–Trinajstić information content (AvgIpc) is 2.28. The van der Waals surface area contributed by atoms with Crippen molar-refractivity contribution in [2.75, 3.05) is 0 Å². The fourth-order valence-electron chi connectivity index (χ4n) is 2.28. The summed E-state index contributed by atoms with van der Waals surface area (Å²) in [4.78, 5) is 22.9. The molecule has 0 radical (unpaired) electrons. The fourth-order valence-corrected chi connectivity index (χ4v) is 2.28. The molecule has 0 fully saturated rings. The predicted molar refractivity (Wildman–Crippen MR) is 70.8 cm³/mol. The van der Waals surface area contributed by atoms with Gasteiger partial charge in [-0.05, 0) is 26.7 Å². The van der Waals surface area contributed by atoms with Gasteiger partial charge in [-0.2, -0.15) is 0 Å².